The zero-order valence-corrected chi connectivity index (χ0v) is 15.0. The number of nitrogens with zero attached hydrogens (tertiary/aromatic N) is 4. The minimum atomic E-state index is 0.0823. The highest BCUT2D eigenvalue weighted by Gasteiger charge is 2.22. The molecule has 1 aliphatic heterocycles. The zero-order chi connectivity index (χ0) is 17.3. The van der Waals surface area contributed by atoms with Gasteiger partial charge >= 0.3 is 0 Å². The topological polar surface area (TPSA) is 64.7 Å². The molecule has 0 aromatic carbocycles. The maximum absolute atomic E-state index is 12.5. The molecule has 0 spiro atoms. The molecule has 0 bridgehead atoms. The number of aryl methyl sites for hydroxylation is 2. The SMILES string of the molecule is Cc1nn(CC(C)C)c(C)c1CC(=O)NC1CCc2nccn2C1. The number of hydrogen-bond donors (Lipinski definition) is 1. The molecule has 1 amide bonds. The molecule has 0 saturated carbocycles. The Hall–Kier alpha value is -2.11. The molecule has 2 aromatic heterocycles. The number of fused-ring (bicyclic) bond motifs is 1. The van der Waals surface area contributed by atoms with Gasteiger partial charge in [-0.1, -0.05) is 13.8 Å². The molecule has 0 radical (unpaired) electrons. The Bertz CT molecular complexity index is 728. The van der Waals surface area contributed by atoms with E-state index in [4.69, 9.17) is 0 Å². The van der Waals surface area contributed by atoms with Crippen LogP contribution in [0.4, 0.5) is 0 Å². The van der Waals surface area contributed by atoms with Crippen molar-refractivity contribution in [1.82, 2.24) is 24.6 Å². The monoisotopic (exact) mass is 329 g/mol. The van der Waals surface area contributed by atoms with Crippen molar-refractivity contribution < 1.29 is 4.79 Å². The minimum Gasteiger partial charge on any atom is -0.351 e. The molecule has 24 heavy (non-hydrogen) atoms. The number of amides is 1. The van der Waals surface area contributed by atoms with Gasteiger partial charge in [0, 0.05) is 49.2 Å². The molecule has 1 atom stereocenters. The summed E-state index contributed by atoms with van der Waals surface area (Å²) in [5.74, 6) is 1.73. The van der Waals surface area contributed by atoms with Gasteiger partial charge in [0.15, 0.2) is 0 Å². The predicted molar refractivity (Wildman–Crippen MR) is 92.7 cm³/mol. The van der Waals surface area contributed by atoms with Crippen LogP contribution in [0.25, 0.3) is 0 Å². The van der Waals surface area contributed by atoms with Crippen LogP contribution in [0.1, 0.15) is 43.0 Å². The fraction of sp³-hybridized carbons (Fsp3) is 0.611. The highest BCUT2D eigenvalue weighted by atomic mass is 16.1. The van der Waals surface area contributed by atoms with E-state index in [1.807, 2.05) is 24.0 Å². The fourth-order valence-electron chi connectivity index (χ4n) is 3.44. The lowest BCUT2D eigenvalue weighted by atomic mass is 10.1. The summed E-state index contributed by atoms with van der Waals surface area (Å²) in [4.78, 5) is 16.8. The van der Waals surface area contributed by atoms with E-state index in [9.17, 15) is 4.79 Å². The molecule has 6 heteroatoms. The molecule has 6 nitrogen and oxygen atoms in total. The second-order valence-electron chi connectivity index (χ2n) is 7.20. The first-order valence-corrected chi connectivity index (χ1v) is 8.76. The van der Waals surface area contributed by atoms with E-state index < -0.39 is 0 Å². The summed E-state index contributed by atoms with van der Waals surface area (Å²) < 4.78 is 4.16. The van der Waals surface area contributed by atoms with Gasteiger partial charge in [-0.15, -0.1) is 0 Å². The number of carbonyl (C=O) groups is 1. The van der Waals surface area contributed by atoms with Gasteiger partial charge in [0.25, 0.3) is 0 Å². The first kappa shape index (κ1) is 16.7. The van der Waals surface area contributed by atoms with E-state index in [1.165, 1.54) is 0 Å². The second-order valence-corrected chi connectivity index (χ2v) is 7.20. The van der Waals surface area contributed by atoms with Crippen LogP contribution in [0, 0.1) is 19.8 Å². The fourth-order valence-corrected chi connectivity index (χ4v) is 3.44. The van der Waals surface area contributed by atoms with E-state index in [0.717, 1.165) is 48.7 Å². The van der Waals surface area contributed by atoms with E-state index in [2.05, 4.69) is 40.7 Å². The van der Waals surface area contributed by atoms with Crippen molar-refractivity contribution in [2.75, 3.05) is 0 Å². The van der Waals surface area contributed by atoms with Crippen molar-refractivity contribution in [3.05, 3.63) is 35.2 Å². The van der Waals surface area contributed by atoms with Gasteiger partial charge in [0.05, 0.1) is 12.1 Å². The zero-order valence-electron chi connectivity index (χ0n) is 15.0. The number of carbonyl (C=O) groups excluding carboxylic acids is 1. The number of nitrogens with one attached hydrogen (secondary N) is 1. The quantitative estimate of drug-likeness (QED) is 0.913. The summed E-state index contributed by atoms with van der Waals surface area (Å²) in [6, 6.07) is 0.186. The third-order valence-electron chi connectivity index (χ3n) is 4.71. The van der Waals surface area contributed by atoms with Crippen LogP contribution >= 0.6 is 0 Å². The van der Waals surface area contributed by atoms with Crippen LogP contribution < -0.4 is 5.32 Å². The van der Waals surface area contributed by atoms with Crippen LogP contribution in [0.3, 0.4) is 0 Å². The molecule has 3 heterocycles. The molecule has 0 fully saturated rings. The number of aromatic nitrogens is 4. The Kier molecular flexibility index (Phi) is 4.73. The van der Waals surface area contributed by atoms with Gasteiger partial charge in [-0.05, 0) is 26.2 Å². The van der Waals surface area contributed by atoms with Crippen LogP contribution in [0.2, 0.25) is 0 Å². The second kappa shape index (κ2) is 6.79. The van der Waals surface area contributed by atoms with E-state index in [1.54, 1.807) is 0 Å². The molecule has 0 aliphatic carbocycles. The Morgan fingerprint density at radius 1 is 1.42 bits per heavy atom. The largest absolute Gasteiger partial charge is 0.351 e. The summed E-state index contributed by atoms with van der Waals surface area (Å²) >= 11 is 0. The molecular weight excluding hydrogens is 302 g/mol. The smallest absolute Gasteiger partial charge is 0.224 e. The summed E-state index contributed by atoms with van der Waals surface area (Å²) in [5, 5.41) is 7.78. The van der Waals surface area contributed by atoms with Crippen molar-refractivity contribution in [3.8, 4) is 0 Å². The minimum absolute atomic E-state index is 0.0823. The highest BCUT2D eigenvalue weighted by molar-refractivity contribution is 5.79. The summed E-state index contributed by atoms with van der Waals surface area (Å²) in [7, 11) is 0. The van der Waals surface area contributed by atoms with Crippen molar-refractivity contribution >= 4 is 5.91 Å². The molecule has 130 valence electrons. The van der Waals surface area contributed by atoms with E-state index in [0.29, 0.717) is 12.3 Å². The maximum Gasteiger partial charge on any atom is 0.224 e. The van der Waals surface area contributed by atoms with E-state index >= 15 is 0 Å². The molecule has 1 aliphatic rings. The van der Waals surface area contributed by atoms with Crippen LogP contribution in [-0.4, -0.2) is 31.3 Å². The Morgan fingerprint density at radius 3 is 2.96 bits per heavy atom. The third kappa shape index (κ3) is 3.52. The standard InChI is InChI=1S/C18H27N5O/c1-12(2)10-23-14(4)16(13(3)21-23)9-18(24)20-15-5-6-17-19-7-8-22(17)11-15/h7-8,12,15H,5-6,9-11H2,1-4H3,(H,20,24). The molecule has 3 rings (SSSR count). The average Bonchev–Trinajstić information content (AvgIpc) is 3.07. The van der Waals surface area contributed by atoms with Crippen molar-refractivity contribution in [2.24, 2.45) is 5.92 Å². The Balaban J connectivity index is 1.62. The average molecular weight is 329 g/mol. The Labute approximate surface area is 143 Å². The highest BCUT2D eigenvalue weighted by Crippen LogP contribution is 2.17. The van der Waals surface area contributed by atoms with Gasteiger partial charge in [-0.2, -0.15) is 5.10 Å². The number of imidazole rings is 1. The maximum atomic E-state index is 12.5. The van der Waals surface area contributed by atoms with Gasteiger partial charge < -0.3 is 9.88 Å². The lowest BCUT2D eigenvalue weighted by molar-refractivity contribution is -0.121. The molecule has 2 aromatic rings. The van der Waals surface area contributed by atoms with Crippen LogP contribution in [0.15, 0.2) is 12.4 Å². The van der Waals surface area contributed by atoms with Gasteiger partial charge in [0.1, 0.15) is 5.82 Å². The number of rotatable bonds is 5. The van der Waals surface area contributed by atoms with Gasteiger partial charge in [0.2, 0.25) is 5.91 Å². The van der Waals surface area contributed by atoms with Gasteiger partial charge in [-0.3, -0.25) is 9.48 Å². The summed E-state index contributed by atoms with van der Waals surface area (Å²) in [6.07, 6.45) is 6.09. The molecular formula is C18H27N5O. The van der Waals surface area contributed by atoms with Crippen molar-refractivity contribution in [1.29, 1.82) is 0 Å². The van der Waals surface area contributed by atoms with Gasteiger partial charge in [-0.25, -0.2) is 4.98 Å². The Morgan fingerprint density at radius 2 is 2.21 bits per heavy atom. The van der Waals surface area contributed by atoms with Crippen molar-refractivity contribution in [2.45, 2.75) is 66.1 Å². The van der Waals surface area contributed by atoms with Crippen molar-refractivity contribution in [3.63, 3.8) is 0 Å². The predicted octanol–water partition coefficient (Wildman–Crippen LogP) is 2.03. The molecule has 1 N–H and O–H groups in total. The first-order chi connectivity index (χ1) is 11.4. The molecule has 0 saturated heterocycles. The lowest BCUT2D eigenvalue weighted by Crippen LogP contribution is -2.41. The van der Waals surface area contributed by atoms with Crippen LogP contribution in [-0.2, 0) is 30.7 Å². The number of hydrogen-bond acceptors (Lipinski definition) is 3. The first-order valence-electron chi connectivity index (χ1n) is 8.76. The lowest BCUT2D eigenvalue weighted by Gasteiger charge is -2.24. The normalized spacial score (nSPS) is 17.1. The summed E-state index contributed by atoms with van der Waals surface area (Å²) in [6.45, 7) is 10.1. The third-order valence-corrected chi connectivity index (χ3v) is 4.71. The van der Waals surface area contributed by atoms with Crippen LogP contribution in [0.5, 0.6) is 0 Å². The molecule has 1 unspecified atom stereocenters. The van der Waals surface area contributed by atoms with E-state index in [-0.39, 0.29) is 11.9 Å². The summed E-state index contributed by atoms with van der Waals surface area (Å²) in [5.41, 5.74) is 3.13.